The molecule has 0 N–H and O–H groups in total. The topological polar surface area (TPSA) is 0 Å². The zero-order valence-corrected chi connectivity index (χ0v) is 12.5. The van der Waals surface area contributed by atoms with E-state index in [2.05, 4.69) is 64.3 Å². The van der Waals surface area contributed by atoms with Gasteiger partial charge in [0.15, 0.2) is 0 Å². The van der Waals surface area contributed by atoms with Gasteiger partial charge in [-0.3, -0.25) is 0 Å². The van der Waals surface area contributed by atoms with Gasteiger partial charge in [0.05, 0.1) is 0 Å². The first-order valence-electron chi connectivity index (χ1n) is 6.47. The maximum atomic E-state index is 4.11. The van der Waals surface area contributed by atoms with Crippen molar-refractivity contribution in [3.8, 4) is 0 Å². The van der Waals surface area contributed by atoms with Gasteiger partial charge in [0, 0.05) is 0 Å². The summed E-state index contributed by atoms with van der Waals surface area (Å²) in [6.45, 7) is 18.5. The van der Waals surface area contributed by atoms with Crippen LogP contribution in [0.25, 0.3) is 0 Å². The normalized spacial score (nSPS) is 14.2. The van der Waals surface area contributed by atoms with E-state index < -0.39 is 0 Å². The van der Waals surface area contributed by atoms with E-state index in [0.29, 0.717) is 0 Å². The Bertz CT molecular complexity index is 423. The highest BCUT2D eigenvalue weighted by atomic mass is 14.0. The van der Waals surface area contributed by atoms with Crippen molar-refractivity contribution in [3.05, 3.63) is 71.4 Å². The summed E-state index contributed by atoms with van der Waals surface area (Å²) in [6.07, 6.45) is 11.7. The number of rotatable bonds is 6. The molecule has 0 aromatic rings. The van der Waals surface area contributed by atoms with Crippen LogP contribution >= 0.6 is 0 Å². The fourth-order valence-corrected chi connectivity index (χ4v) is 1.52. The van der Waals surface area contributed by atoms with E-state index in [1.807, 2.05) is 13.8 Å². The Morgan fingerprint density at radius 3 is 2.11 bits per heavy atom. The molecule has 0 aromatic carbocycles. The molecular weight excluding hydrogens is 216 g/mol. The van der Waals surface area contributed by atoms with Gasteiger partial charge in [-0.1, -0.05) is 61.6 Å². The van der Waals surface area contributed by atoms with Crippen molar-refractivity contribution in [2.24, 2.45) is 0 Å². The van der Waals surface area contributed by atoms with Crippen molar-refractivity contribution in [3.63, 3.8) is 0 Å². The van der Waals surface area contributed by atoms with Crippen LogP contribution in [0.4, 0.5) is 0 Å². The predicted molar refractivity (Wildman–Crippen MR) is 84.7 cm³/mol. The summed E-state index contributed by atoms with van der Waals surface area (Å²) >= 11 is 0. The molecule has 0 rings (SSSR count). The SMILES string of the molecule is C=C(C)C(C=C(C)C(=C)C=C(C)C=CCC)=CC. The molecule has 0 amide bonds. The number of hydrogen-bond acceptors (Lipinski definition) is 0. The van der Waals surface area contributed by atoms with Crippen molar-refractivity contribution in [1.82, 2.24) is 0 Å². The molecule has 98 valence electrons. The van der Waals surface area contributed by atoms with E-state index in [4.69, 9.17) is 0 Å². The monoisotopic (exact) mass is 242 g/mol. The van der Waals surface area contributed by atoms with Crippen LogP contribution in [0.3, 0.4) is 0 Å². The van der Waals surface area contributed by atoms with E-state index in [1.165, 1.54) is 16.7 Å². The predicted octanol–water partition coefficient (Wildman–Crippen LogP) is 5.92. The number of allylic oxidation sites excluding steroid dienone is 10. The lowest BCUT2D eigenvalue weighted by Gasteiger charge is -2.05. The Labute approximate surface area is 113 Å². The van der Waals surface area contributed by atoms with Crippen molar-refractivity contribution < 1.29 is 0 Å². The first kappa shape index (κ1) is 16.4. The molecule has 18 heavy (non-hydrogen) atoms. The molecular formula is C18H26. The first-order valence-corrected chi connectivity index (χ1v) is 6.47. The molecule has 0 heterocycles. The molecule has 0 nitrogen and oxygen atoms in total. The highest BCUT2D eigenvalue weighted by Gasteiger charge is 1.97. The minimum Gasteiger partial charge on any atom is -0.0955 e. The average Bonchev–Trinajstić information content (AvgIpc) is 2.32. The average molecular weight is 242 g/mol. The smallest absolute Gasteiger partial charge is 0.0273 e. The van der Waals surface area contributed by atoms with E-state index in [0.717, 1.165) is 17.6 Å². The molecule has 0 saturated heterocycles. The van der Waals surface area contributed by atoms with Crippen LogP contribution in [0.2, 0.25) is 0 Å². The van der Waals surface area contributed by atoms with Crippen LogP contribution in [-0.4, -0.2) is 0 Å². The lowest BCUT2D eigenvalue weighted by molar-refractivity contribution is 1.22. The van der Waals surface area contributed by atoms with Gasteiger partial charge in [-0.2, -0.15) is 0 Å². The maximum Gasteiger partial charge on any atom is -0.0273 e. The van der Waals surface area contributed by atoms with Gasteiger partial charge in [-0.05, 0) is 50.8 Å². The lowest BCUT2D eigenvalue weighted by Crippen LogP contribution is -1.85. The molecule has 0 aliphatic heterocycles. The van der Waals surface area contributed by atoms with Crippen LogP contribution in [-0.2, 0) is 0 Å². The molecule has 0 aromatic heterocycles. The highest BCUT2D eigenvalue weighted by molar-refractivity contribution is 5.47. The Morgan fingerprint density at radius 2 is 1.67 bits per heavy atom. The van der Waals surface area contributed by atoms with E-state index in [1.54, 1.807) is 0 Å². The van der Waals surface area contributed by atoms with Crippen molar-refractivity contribution in [2.75, 3.05) is 0 Å². The van der Waals surface area contributed by atoms with Gasteiger partial charge in [-0.25, -0.2) is 0 Å². The Kier molecular flexibility index (Phi) is 7.78. The largest absolute Gasteiger partial charge is 0.0955 e. The Morgan fingerprint density at radius 1 is 1.06 bits per heavy atom. The second-order valence-electron chi connectivity index (χ2n) is 4.58. The fourth-order valence-electron chi connectivity index (χ4n) is 1.52. The second kappa shape index (κ2) is 8.52. The summed E-state index contributed by atoms with van der Waals surface area (Å²) < 4.78 is 0. The highest BCUT2D eigenvalue weighted by Crippen LogP contribution is 2.17. The molecule has 0 aliphatic carbocycles. The van der Waals surface area contributed by atoms with Gasteiger partial charge in [0.2, 0.25) is 0 Å². The van der Waals surface area contributed by atoms with Crippen LogP contribution in [0.5, 0.6) is 0 Å². The second-order valence-corrected chi connectivity index (χ2v) is 4.58. The van der Waals surface area contributed by atoms with E-state index >= 15 is 0 Å². The third-order valence-electron chi connectivity index (χ3n) is 2.70. The van der Waals surface area contributed by atoms with Crippen LogP contribution < -0.4 is 0 Å². The molecule has 0 bridgehead atoms. The van der Waals surface area contributed by atoms with E-state index in [-0.39, 0.29) is 0 Å². The summed E-state index contributed by atoms with van der Waals surface area (Å²) in [6, 6.07) is 0. The quantitative estimate of drug-likeness (QED) is 0.507. The van der Waals surface area contributed by atoms with Crippen molar-refractivity contribution >= 4 is 0 Å². The van der Waals surface area contributed by atoms with E-state index in [9.17, 15) is 0 Å². The molecule has 0 aliphatic rings. The Hall–Kier alpha value is -1.56. The van der Waals surface area contributed by atoms with Gasteiger partial charge >= 0.3 is 0 Å². The third kappa shape index (κ3) is 6.24. The van der Waals surface area contributed by atoms with Crippen molar-refractivity contribution in [2.45, 2.75) is 41.0 Å². The van der Waals surface area contributed by atoms with Crippen molar-refractivity contribution in [1.29, 1.82) is 0 Å². The Balaban J connectivity index is 4.96. The van der Waals surface area contributed by atoms with Crippen LogP contribution in [0.1, 0.15) is 41.0 Å². The minimum absolute atomic E-state index is 1.05. The zero-order chi connectivity index (χ0) is 14.1. The fraction of sp³-hybridized carbons (Fsp3) is 0.333. The van der Waals surface area contributed by atoms with Gasteiger partial charge < -0.3 is 0 Å². The van der Waals surface area contributed by atoms with Gasteiger partial charge in [-0.15, -0.1) is 0 Å². The summed E-state index contributed by atoms with van der Waals surface area (Å²) in [7, 11) is 0. The van der Waals surface area contributed by atoms with Gasteiger partial charge in [0.1, 0.15) is 0 Å². The molecule has 0 heteroatoms. The van der Waals surface area contributed by atoms with Crippen LogP contribution in [0.15, 0.2) is 71.4 Å². The summed E-state index contributed by atoms with van der Waals surface area (Å²) in [5.74, 6) is 0. The van der Waals surface area contributed by atoms with Gasteiger partial charge in [0.25, 0.3) is 0 Å². The third-order valence-corrected chi connectivity index (χ3v) is 2.70. The van der Waals surface area contributed by atoms with Crippen LogP contribution in [0, 0.1) is 0 Å². The molecule has 0 atom stereocenters. The lowest BCUT2D eigenvalue weighted by atomic mass is 10.0. The first-order chi connectivity index (χ1) is 8.42. The maximum absolute atomic E-state index is 4.11. The summed E-state index contributed by atoms with van der Waals surface area (Å²) in [5.41, 5.74) is 5.70. The summed E-state index contributed by atoms with van der Waals surface area (Å²) in [5, 5.41) is 0. The standard InChI is InChI=1S/C18H26/c1-8-10-11-15(5)12-16(6)17(7)13-18(9-2)14(3)4/h9-13H,3,6,8H2,1-2,4-5,7H3. The number of hydrogen-bond donors (Lipinski definition) is 0. The molecule has 0 radical (unpaired) electrons. The zero-order valence-electron chi connectivity index (χ0n) is 12.5. The molecule has 0 fully saturated rings. The summed E-state index contributed by atoms with van der Waals surface area (Å²) in [4.78, 5) is 0. The minimum atomic E-state index is 1.05. The molecule has 0 unspecified atom stereocenters. The molecule has 0 spiro atoms. The molecule has 0 saturated carbocycles.